The van der Waals surface area contributed by atoms with Crippen LogP contribution < -0.4 is 4.74 Å². The predicted octanol–water partition coefficient (Wildman–Crippen LogP) is 1.19. The highest BCUT2D eigenvalue weighted by Gasteiger charge is 2.91. The number of piperidine rings is 1. The van der Waals surface area contributed by atoms with Crippen molar-refractivity contribution in [2.75, 3.05) is 6.54 Å². The summed E-state index contributed by atoms with van der Waals surface area (Å²) in [6, 6.07) is 3.83. The van der Waals surface area contributed by atoms with Gasteiger partial charge in [0.1, 0.15) is 0 Å². The Balaban J connectivity index is 1.53. The molecule has 5 heteroatoms. The minimum atomic E-state index is -0.896. The molecule has 24 heavy (non-hydrogen) atoms. The van der Waals surface area contributed by atoms with Crippen molar-refractivity contribution in [1.29, 1.82) is 0 Å². The number of carbonyl (C=O) groups is 1. The Kier molecular flexibility index (Phi) is 1.72. The number of fused-ring (bicyclic) bond motifs is 1. The van der Waals surface area contributed by atoms with Crippen LogP contribution in [0.3, 0.4) is 0 Å². The van der Waals surface area contributed by atoms with Crippen molar-refractivity contribution in [3.8, 4) is 11.5 Å². The summed E-state index contributed by atoms with van der Waals surface area (Å²) >= 11 is 0. The van der Waals surface area contributed by atoms with Crippen LogP contribution in [0.4, 0.5) is 0 Å². The molecule has 5 nitrogen and oxygen atoms in total. The smallest absolute Gasteiger partial charge is 0.174 e. The van der Waals surface area contributed by atoms with E-state index >= 15 is 0 Å². The lowest BCUT2D eigenvalue weighted by Crippen LogP contribution is -2.64. The number of nitrogens with zero attached hydrogens (tertiary/aromatic N) is 1. The highest BCUT2D eigenvalue weighted by molar-refractivity contribution is 5.92. The highest BCUT2D eigenvalue weighted by Crippen LogP contribution is 2.82. The molecular formula is C19H19NO4. The maximum absolute atomic E-state index is 12.6. The summed E-state index contributed by atoms with van der Waals surface area (Å²) in [5, 5.41) is 22.1. The van der Waals surface area contributed by atoms with Crippen LogP contribution in [0, 0.1) is 5.92 Å². The van der Waals surface area contributed by atoms with Crippen molar-refractivity contribution in [1.82, 2.24) is 4.90 Å². The minimum Gasteiger partial charge on any atom is -0.504 e. The van der Waals surface area contributed by atoms with Crippen LogP contribution >= 0.6 is 0 Å². The summed E-state index contributed by atoms with van der Waals surface area (Å²) in [5.74, 6) is 1.40. The number of likely N-dealkylation sites (tertiary alicyclic amines) is 1. The Morgan fingerprint density at radius 1 is 1.33 bits per heavy atom. The molecule has 1 aromatic rings. The summed E-state index contributed by atoms with van der Waals surface area (Å²) in [7, 11) is 0. The minimum absolute atomic E-state index is 0.0771. The zero-order chi connectivity index (χ0) is 16.1. The van der Waals surface area contributed by atoms with E-state index in [2.05, 4.69) is 4.90 Å². The number of ether oxygens (including phenoxy) is 1. The Labute approximate surface area is 139 Å². The molecular weight excluding hydrogens is 306 g/mol. The van der Waals surface area contributed by atoms with Gasteiger partial charge in [-0.1, -0.05) is 6.07 Å². The first kappa shape index (κ1) is 12.7. The van der Waals surface area contributed by atoms with Gasteiger partial charge in [-0.25, -0.2) is 0 Å². The monoisotopic (exact) mass is 325 g/mol. The number of Topliss-reactive ketones (excluding diaryl/α,β-unsaturated/α-hetero) is 1. The zero-order valence-corrected chi connectivity index (χ0v) is 13.3. The van der Waals surface area contributed by atoms with Crippen molar-refractivity contribution in [3.05, 3.63) is 23.3 Å². The van der Waals surface area contributed by atoms with Crippen LogP contribution in [0.25, 0.3) is 0 Å². The number of ketones is 1. The maximum Gasteiger partial charge on any atom is 0.174 e. The molecule has 2 aliphatic heterocycles. The van der Waals surface area contributed by atoms with E-state index in [1.807, 2.05) is 6.07 Å². The van der Waals surface area contributed by atoms with Gasteiger partial charge in [-0.15, -0.1) is 0 Å². The zero-order valence-electron chi connectivity index (χ0n) is 13.3. The fourth-order valence-electron chi connectivity index (χ4n) is 6.92. The van der Waals surface area contributed by atoms with Crippen LogP contribution in [-0.2, 0) is 15.7 Å². The number of carbonyl (C=O) groups excluding carboxylic acids is 1. The summed E-state index contributed by atoms with van der Waals surface area (Å²) in [6.07, 6.45) is 3.63. The summed E-state index contributed by atoms with van der Waals surface area (Å²) in [4.78, 5) is 15.1. The average Bonchev–Trinajstić information content (AvgIpc) is 3.39. The Hall–Kier alpha value is -1.59. The lowest BCUT2D eigenvalue weighted by molar-refractivity contribution is -0.148. The van der Waals surface area contributed by atoms with Gasteiger partial charge in [-0.05, 0) is 43.2 Å². The van der Waals surface area contributed by atoms with Crippen molar-refractivity contribution in [2.24, 2.45) is 5.92 Å². The normalized spacial score (nSPS) is 51.4. The molecule has 6 aliphatic rings. The first-order chi connectivity index (χ1) is 11.5. The lowest BCUT2D eigenvalue weighted by atomic mass is 9.59. The molecule has 1 aromatic carbocycles. The molecule has 3 saturated carbocycles. The quantitative estimate of drug-likeness (QED) is 0.800. The standard InChI is InChI=1S/C19H19NO4/c21-11-4-3-10-13-14(11)24-15-12(22)5-6-19(23)16-18(10,8-17(13,15)19)20(16)7-9-1-2-9/h3-4,9,15-16,21,23H,1-2,5-8H2/t15-,16?,17-,18-,19+,20?/m0/s1. The second-order valence-electron chi connectivity index (χ2n) is 8.80. The van der Waals surface area contributed by atoms with Crippen LogP contribution in [-0.4, -0.2) is 45.2 Å². The third kappa shape index (κ3) is 0.962. The van der Waals surface area contributed by atoms with E-state index in [1.165, 1.54) is 18.4 Å². The molecule has 4 fully saturated rings. The van der Waals surface area contributed by atoms with Gasteiger partial charge in [0.25, 0.3) is 0 Å². The predicted molar refractivity (Wildman–Crippen MR) is 82.9 cm³/mol. The molecule has 4 aliphatic carbocycles. The van der Waals surface area contributed by atoms with Crippen molar-refractivity contribution in [3.63, 3.8) is 0 Å². The fraction of sp³-hybridized carbons (Fsp3) is 0.632. The van der Waals surface area contributed by atoms with Crippen LogP contribution in [0.2, 0.25) is 0 Å². The topological polar surface area (TPSA) is 69.8 Å². The third-order valence-corrected chi connectivity index (χ3v) is 7.91. The van der Waals surface area contributed by atoms with E-state index < -0.39 is 17.1 Å². The van der Waals surface area contributed by atoms with Gasteiger partial charge < -0.3 is 14.9 Å². The molecule has 2 heterocycles. The van der Waals surface area contributed by atoms with Gasteiger partial charge in [-0.2, -0.15) is 0 Å². The summed E-state index contributed by atoms with van der Waals surface area (Å²) < 4.78 is 5.97. The second-order valence-corrected chi connectivity index (χ2v) is 8.80. The van der Waals surface area contributed by atoms with E-state index in [0.29, 0.717) is 18.6 Å². The number of phenolic OH excluding ortho intramolecular Hbond substituents is 1. The number of hydrogen-bond donors (Lipinski definition) is 2. The molecule has 0 aromatic heterocycles. The first-order valence-electron chi connectivity index (χ1n) is 9.09. The van der Waals surface area contributed by atoms with E-state index in [4.69, 9.17) is 4.74 Å². The van der Waals surface area contributed by atoms with Gasteiger partial charge in [0.05, 0.1) is 22.6 Å². The number of aromatic hydroxyl groups is 1. The summed E-state index contributed by atoms with van der Waals surface area (Å²) in [5.41, 5.74) is 0.491. The molecule has 2 unspecified atom stereocenters. The molecule has 1 saturated heterocycles. The second kappa shape index (κ2) is 3.25. The van der Waals surface area contributed by atoms with Gasteiger partial charge in [-0.3, -0.25) is 9.69 Å². The largest absolute Gasteiger partial charge is 0.504 e. The van der Waals surface area contributed by atoms with Gasteiger partial charge in [0.2, 0.25) is 0 Å². The first-order valence-corrected chi connectivity index (χ1v) is 9.09. The van der Waals surface area contributed by atoms with Crippen molar-refractivity contribution >= 4 is 5.78 Å². The number of hydrogen-bond acceptors (Lipinski definition) is 5. The van der Waals surface area contributed by atoms with Gasteiger partial charge in [0, 0.05) is 18.5 Å². The van der Waals surface area contributed by atoms with Crippen molar-refractivity contribution < 1.29 is 19.7 Å². The van der Waals surface area contributed by atoms with Gasteiger partial charge in [0.15, 0.2) is 23.4 Å². The van der Waals surface area contributed by atoms with E-state index in [0.717, 1.165) is 24.4 Å². The van der Waals surface area contributed by atoms with E-state index in [9.17, 15) is 15.0 Å². The Morgan fingerprint density at radius 3 is 2.96 bits per heavy atom. The highest BCUT2D eigenvalue weighted by atomic mass is 16.5. The molecule has 0 amide bonds. The SMILES string of the molecule is O=C1CC[C@@]2(O)C3N(CC4CC4)[C@]34C[C@@]23c2c4ccc(O)c2O[C@@H]13. The van der Waals surface area contributed by atoms with Crippen LogP contribution in [0.5, 0.6) is 11.5 Å². The van der Waals surface area contributed by atoms with E-state index in [1.54, 1.807) is 6.07 Å². The molecule has 2 bridgehead atoms. The molecule has 7 rings (SSSR count). The molecule has 124 valence electrons. The third-order valence-electron chi connectivity index (χ3n) is 7.91. The maximum atomic E-state index is 12.6. The van der Waals surface area contributed by atoms with Crippen LogP contribution in [0.1, 0.15) is 43.2 Å². The summed E-state index contributed by atoms with van der Waals surface area (Å²) in [6.45, 7) is 1.05. The molecule has 2 N–H and O–H groups in total. The van der Waals surface area contributed by atoms with Crippen molar-refractivity contribution in [2.45, 2.75) is 60.8 Å². The fourth-order valence-corrected chi connectivity index (χ4v) is 6.92. The average molecular weight is 325 g/mol. The Morgan fingerprint density at radius 2 is 2.17 bits per heavy atom. The molecule has 6 atom stereocenters. The Bertz CT molecular complexity index is 863. The number of benzene rings is 1. The van der Waals surface area contributed by atoms with Gasteiger partial charge >= 0.3 is 0 Å². The van der Waals surface area contributed by atoms with Crippen LogP contribution in [0.15, 0.2) is 12.1 Å². The number of rotatable bonds is 2. The molecule has 0 radical (unpaired) electrons. The molecule has 2 spiro atoms. The lowest BCUT2D eigenvalue weighted by Gasteiger charge is -2.47. The van der Waals surface area contributed by atoms with E-state index in [-0.39, 0.29) is 23.1 Å². The number of aliphatic hydroxyl groups is 1. The number of phenols is 1.